The van der Waals surface area contributed by atoms with E-state index in [-0.39, 0.29) is 0 Å². The molecular formula is C29H21P. The molecular weight excluding hydrogens is 379 g/mol. The van der Waals surface area contributed by atoms with Crippen molar-refractivity contribution < 1.29 is 0 Å². The third kappa shape index (κ3) is 3.96. The Labute approximate surface area is 179 Å². The van der Waals surface area contributed by atoms with Gasteiger partial charge in [0.15, 0.2) is 0 Å². The Kier molecular flexibility index (Phi) is 5.25. The Morgan fingerprint density at radius 1 is 0.300 bits per heavy atom. The molecule has 1 aromatic heterocycles. The molecule has 0 unspecified atom stereocenters. The van der Waals surface area contributed by atoms with Gasteiger partial charge in [-0.2, -0.15) is 0 Å². The lowest BCUT2D eigenvalue weighted by atomic mass is 10.0. The standard InChI is InChI=1S/C29H21P/c1-4-10-22(11-5-1)24-16-18-26(19-17-24)29-21-27(23-12-6-2-7-13-23)20-28(30-29)25-14-8-3-9-15-25/h1-21H. The molecule has 4 aromatic carbocycles. The number of hydrogen-bond acceptors (Lipinski definition) is 0. The van der Waals surface area contributed by atoms with Crippen LogP contribution in [0.5, 0.6) is 0 Å². The average Bonchev–Trinajstić information content (AvgIpc) is 2.85. The lowest BCUT2D eigenvalue weighted by Gasteiger charge is -2.11. The van der Waals surface area contributed by atoms with Crippen LogP contribution in [0.25, 0.3) is 44.0 Å². The van der Waals surface area contributed by atoms with Gasteiger partial charge >= 0.3 is 0 Å². The Morgan fingerprint density at radius 2 is 0.633 bits per heavy atom. The van der Waals surface area contributed by atoms with Crippen LogP contribution < -0.4 is 0 Å². The number of rotatable bonds is 4. The van der Waals surface area contributed by atoms with E-state index in [1.165, 1.54) is 52.2 Å². The van der Waals surface area contributed by atoms with Gasteiger partial charge in [0.1, 0.15) is 0 Å². The maximum atomic E-state index is 2.33. The molecule has 0 saturated heterocycles. The summed E-state index contributed by atoms with van der Waals surface area (Å²) in [5, 5.41) is 2.66. The summed E-state index contributed by atoms with van der Waals surface area (Å²) in [7, 11) is 1.24. The Hall–Kier alpha value is -3.47. The van der Waals surface area contributed by atoms with Crippen LogP contribution in [0.2, 0.25) is 0 Å². The van der Waals surface area contributed by atoms with Crippen LogP contribution in [0.1, 0.15) is 0 Å². The van der Waals surface area contributed by atoms with E-state index < -0.39 is 0 Å². The molecule has 0 saturated carbocycles. The minimum Gasteiger partial charge on any atom is -0.0622 e. The van der Waals surface area contributed by atoms with Crippen molar-refractivity contribution in [3.05, 3.63) is 127 Å². The zero-order valence-corrected chi connectivity index (χ0v) is 17.5. The van der Waals surface area contributed by atoms with Gasteiger partial charge in [-0.05, 0) is 45.5 Å². The van der Waals surface area contributed by atoms with Crippen molar-refractivity contribution in [1.82, 2.24) is 0 Å². The van der Waals surface area contributed by atoms with E-state index in [9.17, 15) is 0 Å². The molecule has 0 atom stereocenters. The van der Waals surface area contributed by atoms with Crippen molar-refractivity contribution >= 4 is 8.19 Å². The van der Waals surface area contributed by atoms with Crippen molar-refractivity contribution in [1.29, 1.82) is 0 Å². The molecule has 0 nitrogen and oxygen atoms in total. The zero-order valence-electron chi connectivity index (χ0n) is 16.6. The largest absolute Gasteiger partial charge is 0.0622 e. The molecule has 0 radical (unpaired) electrons. The molecule has 1 heterocycles. The SMILES string of the molecule is c1ccc(-c2ccc(-c3cc(-c4ccccc4)cc(-c4ccccc4)p3)cc2)cc1. The van der Waals surface area contributed by atoms with E-state index in [1.807, 2.05) is 0 Å². The fourth-order valence-electron chi connectivity index (χ4n) is 3.70. The van der Waals surface area contributed by atoms with Crippen LogP contribution >= 0.6 is 8.19 Å². The van der Waals surface area contributed by atoms with Crippen LogP contribution in [0.4, 0.5) is 0 Å². The molecule has 0 N–H and O–H groups in total. The molecule has 0 aliphatic rings. The second-order valence-electron chi connectivity index (χ2n) is 7.30. The van der Waals surface area contributed by atoms with Crippen LogP contribution in [0.15, 0.2) is 127 Å². The topological polar surface area (TPSA) is 0 Å². The molecule has 0 aliphatic carbocycles. The van der Waals surface area contributed by atoms with Crippen LogP contribution in [0, 0.1) is 0 Å². The number of benzene rings is 4. The van der Waals surface area contributed by atoms with Crippen LogP contribution in [-0.2, 0) is 0 Å². The molecule has 30 heavy (non-hydrogen) atoms. The fraction of sp³-hybridized carbons (Fsp3) is 0. The molecule has 0 fully saturated rings. The minimum atomic E-state index is 1.24. The van der Waals surface area contributed by atoms with Crippen molar-refractivity contribution in [3.63, 3.8) is 0 Å². The first-order valence-corrected chi connectivity index (χ1v) is 11.0. The summed E-state index contributed by atoms with van der Waals surface area (Å²) >= 11 is 0. The second-order valence-corrected chi connectivity index (χ2v) is 8.49. The average molecular weight is 400 g/mol. The van der Waals surface area contributed by atoms with E-state index in [0.29, 0.717) is 0 Å². The summed E-state index contributed by atoms with van der Waals surface area (Å²) < 4.78 is 0. The van der Waals surface area contributed by atoms with Gasteiger partial charge in [-0.25, -0.2) is 0 Å². The third-order valence-electron chi connectivity index (χ3n) is 5.29. The van der Waals surface area contributed by atoms with E-state index in [0.717, 1.165) is 0 Å². The lowest BCUT2D eigenvalue weighted by Crippen LogP contribution is -1.83. The van der Waals surface area contributed by atoms with Crippen molar-refractivity contribution in [2.24, 2.45) is 0 Å². The van der Waals surface area contributed by atoms with Crippen LogP contribution in [-0.4, -0.2) is 0 Å². The molecule has 5 rings (SSSR count). The smallest absolute Gasteiger partial charge is 0.0102 e. The van der Waals surface area contributed by atoms with Gasteiger partial charge in [-0.1, -0.05) is 123 Å². The van der Waals surface area contributed by atoms with E-state index in [4.69, 9.17) is 0 Å². The summed E-state index contributed by atoms with van der Waals surface area (Å²) in [6.45, 7) is 0. The van der Waals surface area contributed by atoms with Gasteiger partial charge in [-0.3, -0.25) is 0 Å². The van der Waals surface area contributed by atoms with Gasteiger partial charge in [0, 0.05) is 10.6 Å². The normalized spacial score (nSPS) is 10.9. The predicted molar refractivity (Wildman–Crippen MR) is 131 cm³/mol. The summed E-state index contributed by atoms with van der Waals surface area (Å²) in [4.78, 5) is 0. The van der Waals surface area contributed by atoms with Gasteiger partial charge in [0.25, 0.3) is 0 Å². The first kappa shape index (κ1) is 18.6. The molecule has 0 bridgehead atoms. The third-order valence-corrected chi connectivity index (χ3v) is 6.55. The summed E-state index contributed by atoms with van der Waals surface area (Å²) in [6, 6.07) is 45.5. The quantitative estimate of drug-likeness (QED) is 0.282. The van der Waals surface area contributed by atoms with Crippen molar-refractivity contribution in [2.75, 3.05) is 0 Å². The molecule has 5 aromatic rings. The molecule has 0 amide bonds. The first-order valence-electron chi connectivity index (χ1n) is 10.2. The highest BCUT2D eigenvalue weighted by atomic mass is 31.0. The highest BCUT2D eigenvalue weighted by molar-refractivity contribution is 7.37. The molecule has 0 spiro atoms. The zero-order chi connectivity index (χ0) is 20.2. The fourth-order valence-corrected chi connectivity index (χ4v) is 4.92. The maximum absolute atomic E-state index is 2.33. The van der Waals surface area contributed by atoms with E-state index in [2.05, 4.69) is 127 Å². The maximum Gasteiger partial charge on any atom is 0.0102 e. The minimum absolute atomic E-state index is 1.24. The molecule has 142 valence electrons. The van der Waals surface area contributed by atoms with Crippen molar-refractivity contribution in [3.8, 4) is 44.0 Å². The van der Waals surface area contributed by atoms with Gasteiger partial charge in [-0.15, -0.1) is 0 Å². The monoisotopic (exact) mass is 400 g/mol. The predicted octanol–water partition coefficient (Wildman–Crippen LogP) is 8.93. The van der Waals surface area contributed by atoms with E-state index in [1.54, 1.807) is 0 Å². The highest BCUT2D eigenvalue weighted by Gasteiger charge is 2.08. The van der Waals surface area contributed by atoms with E-state index >= 15 is 0 Å². The lowest BCUT2D eigenvalue weighted by molar-refractivity contribution is 1.60. The van der Waals surface area contributed by atoms with Crippen molar-refractivity contribution in [2.45, 2.75) is 0 Å². The number of hydrogen-bond donors (Lipinski definition) is 0. The summed E-state index contributed by atoms with van der Waals surface area (Å²) in [5.41, 5.74) is 7.55. The van der Waals surface area contributed by atoms with Gasteiger partial charge in [0.2, 0.25) is 0 Å². The Balaban J connectivity index is 1.60. The summed E-state index contributed by atoms with van der Waals surface area (Å²) in [6.07, 6.45) is 0. The van der Waals surface area contributed by atoms with Gasteiger partial charge < -0.3 is 0 Å². The summed E-state index contributed by atoms with van der Waals surface area (Å²) in [5.74, 6) is 0. The van der Waals surface area contributed by atoms with Crippen LogP contribution in [0.3, 0.4) is 0 Å². The first-order chi connectivity index (χ1) is 14.9. The Bertz CT molecular complexity index is 1180. The molecule has 0 aliphatic heterocycles. The highest BCUT2D eigenvalue weighted by Crippen LogP contribution is 2.41. The Morgan fingerprint density at radius 3 is 1.13 bits per heavy atom. The second kappa shape index (κ2) is 8.49. The molecule has 1 heteroatoms. The van der Waals surface area contributed by atoms with Gasteiger partial charge in [0.05, 0.1) is 0 Å².